The Kier molecular flexibility index (Phi) is 7.77. The predicted octanol–water partition coefficient (Wildman–Crippen LogP) is 6.21. The van der Waals surface area contributed by atoms with E-state index in [1.807, 2.05) is 48.5 Å². The Bertz CT molecular complexity index is 1730. The second kappa shape index (κ2) is 11.4. The Balaban J connectivity index is 1.37. The van der Waals surface area contributed by atoms with Crippen LogP contribution in [0, 0.1) is 6.92 Å². The van der Waals surface area contributed by atoms with Crippen LogP contribution in [0.5, 0.6) is 0 Å². The van der Waals surface area contributed by atoms with Gasteiger partial charge < -0.3 is 19.3 Å². The maximum Gasteiger partial charge on any atom is 0.340 e. The van der Waals surface area contributed by atoms with Crippen molar-refractivity contribution in [3.05, 3.63) is 105 Å². The maximum atomic E-state index is 12.8. The standard InChI is InChI=1S/C30H24ClNO6S/c1-17-21-11-23-24(19-7-9-20(31)10-8-19)14-37-26(23)13-27(21)38-30(36)22(17)12-28(33)32-25(29(34)35)16-39-15-18-5-3-2-4-6-18/h2-11,13-14,25H,12,15-16H2,1H3,(H,32,33)(H,34,35)/t25-/m0/s1. The minimum Gasteiger partial charge on any atom is -0.480 e. The summed E-state index contributed by atoms with van der Waals surface area (Å²) >= 11 is 7.44. The summed E-state index contributed by atoms with van der Waals surface area (Å²) in [4.78, 5) is 37.5. The third-order valence-corrected chi connectivity index (χ3v) is 7.86. The van der Waals surface area contributed by atoms with E-state index in [1.165, 1.54) is 11.8 Å². The predicted molar refractivity (Wildman–Crippen MR) is 153 cm³/mol. The lowest BCUT2D eigenvalue weighted by Gasteiger charge is -2.15. The van der Waals surface area contributed by atoms with E-state index in [9.17, 15) is 19.5 Å². The first-order valence-corrected chi connectivity index (χ1v) is 13.7. The largest absolute Gasteiger partial charge is 0.480 e. The number of thioether (sulfide) groups is 1. The number of fused-ring (bicyclic) bond motifs is 2. The van der Waals surface area contributed by atoms with E-state index >= 15 is 0 Å². The Morgan fingerprint density at radius 1 is 1.03 bits per heavy atom. The van der Waals surface area contributed by atoms with Crippen molar-refractivity contribution in [2.45, 2.75) is 25.1 Å². The first-order valence-electron chi connectivity index (χ1n) is 12.2. The summed E-state index contributed by atoms with van der Waals surface area (Å²) in [5, 5.41) is 14.3. The molecule has 0 fully saturated rings. The van der Waals surface area contributed by atoms with Crippen LogP contribution in [0.15, 0.2) is 86.6 Å². The van der Waals surface area contributed by atoms with E-state index in [0.29, 0.717) is 32.9 Å². The average Bonchev–Trinajstić information content (AvgIpc) is 3.33. The molecule has 0 unspecified atom stereocenters. The number of carbonyl (C=O) groups excluding carboxylic acids is 1. The van der Waals surface area contributed by atoms with Crippen molar-refractivity contribution in [1.29, 1.82) is 0 Å². The number of halogens is 1. The van der Waals surface area contributed by atoms with Crippen LogP contribution in [-0.2, 0) is 21.8 Å². The molecule has 1 atom stereocenters. The van der Waals surface area contributed by atoms with Gasteiger partial charge in [-0.3, -0.25) is 4.79 Å². The molecule has 2 N–H and O–H groups in total. The molecule has 5 aromatic rings. The SMILES string of the molecule is Cc1c(CC(=O)N[C@@H](CSCc2ccccc2)C(=O)O)c(=O)oc2cc3occ(-c4ccc(Cl)cc4)c3cc12. The summed E-state index contributed by atoms with van der Waals surface area (Å²) in [7, 11) is 0. The molecule has 5 rings (SSSR count). The van der Waals surface area contributed by atoms with Gasteiger partial charge in [0.05, 0.1) is 18.2 Å². The number of benzene rings is 3. The lowest BCUT2D eigenvalue weighted by atomic mass is 9.99. The van der Waals surface area contributed by atoms with Gasteiger partial charge in [-0.25, -0.2) is 9.59 Å². The summed E-state index contributed by atoms with van der Waals surface area (Å²) in [5.41, 5.74) is 3.84. The highest BCUT2D eigenvalue weighted by atomic mass is 35.5. The van der Waals surface area contributed by atoms with Gasteiger partial charge in [-0.05, 0) is 41.8 Å². The van der Waals surface area contributed by atoms with Gasteiger partial charge in [-0.15, -0.1) is 0 Å². The van der Waals surface area contributed by atoms with Crippen molar-refractivity contribution >= 4 is 57.2 Å². The molecule has 0 radical (unpaired) electrons. The van der Waals surface area contributed by atoms with Gasteiger partial charge in [-0.1, -0.05) is 54.1 Å². The zero-order chi connectivity index (χ0) is 27.5. The van der Waals surface area contributed by atoms with Crippen LogP contribution >= 0.6 is 23.4 Å². The molecule has 0 saturated carbocycles. The topological polar surface area (TPSA) is 110 Å². The number of furan rings is 1. The van der Waals surface area contributed by atoms with E-state index in [2.05, 4.69) is 5.32 Å². The molecule has 9 heteroatoms. The molecule has 0 aliphatic carbocycles. The molecule has 7 nitrogen and oxygen atoms in total. The van der Waals surface area contributed by atoms with Crippen molar-refractivity contribution in [3.63, 3.8) is 0 Å². The maximum absolute atomic E-state index is 12.8. The van der Waals surface area contributed by atoms with E-state index in [4.69, 9.17) is 20.4 Å². The quantitative estimate of drug-likeness (QED) is 0.206. The van der Waals surface area contributed by atoms with E-state index in [1.54, 1.807) is 31.4 Å². The van der Waals surface area contributed by atoms with Crippen LogP contribution < -0.4 is 10.9 Å². The number of carbonyl (C=O) groups is 2. The molecule has 1 amide bonds. The number of rotatable bonds is 9. The number of carboxylic acids is 1. The monoisotopic (exact) mass is 561 g/mol. The number of nitrogens with one attached hydrogen (secondary N) is 1. The van der Waals surface area contributed by atoms with Gasteiger partial charge in [0.25, 0.3) is 0 Å². The van der Waals surface area contributed by atoms with Gasteiger partial charge in [0, 0.05) is 38.9 Å². The number of carboxylic acid groups (broad SMARTS) is 1. The zero-order valence-electron chi connectivity index (χ0n) is 20.9. The van der Waals surface area contributed by atoms with Crippen molar-refractivity contribution in [3.8, 4) is 11.1 Å². The summed E-state index contributed by atoms with van der Waals surface area (Å²) in [6.07, 6.45) is 1.33. The molecular formula is C30H24ClNO6S. The smallest absolute Gasteiger partial charge is 0.340 e. The molecule has 0 aliphatic heterocycles. The van der Waals surface area contributed by atoms with Gasteiger partial charge in [-0.2, -0.15) is 11.8 Å². The lowest BCUT2D eigenvalue weighted by Crippen LogP contribution is -2.43. The Hall–Kier alpha value is -4.01. The fraction of sp³-hybridized carbons (Fsp3) is 0.167. The highest BCUT2D eigenvalue weighted by Gasteiger charge is 2.23. The fourth-order valence-corrected chi connectivity index (χ4v) is 5.55. The number of hydrogen-bond donors (Lipinski definition) is 2. The number of aliphatic carboxylic acids is 1. The third-order valence-electron chi connectivity index (χ3n) is 6.50. The molecule has 2 aromatic heterocycles. The van der Waals surface area contributed by atoms with Gasteiger partial charge >= 0.3 is 11.6 Å². The van der Waals surface area contributed by atoms with E-state index in [-0.39, 0.29) is 17.7 Å². The van der Waals surface area contributed by atoms with Crippen LogP contribution in [0.3, 0.4) is 0 Å². The number of aryl methyl sites for hydroxylation is 1. The highest BCUT2D eigenvalue weighted by Crippen LogP contribution is 2.35. The Morgan fingerprint density at radius 3 is 2.49 bits per heavy atom. The first kappa shape index (κ1) is 26.6. The summed E-state index contributed by atoms with van der Waals surface area (Å²) < 4.78 is 11.3. The molecular weight excluding hydrogens is 538 g/mol. The molecule has 0 aliphatic rings. The van der Waals surface area contributed by atoms with E-state index < -0.39 is 23.5 Å². The second-order valence-corrected chi connectivity index (χ2v) is 10.6. The molecule has 0 bridgehead atoms. The first-order chi connectivity index (χ1) is 18.8. The number of amides is 1. The van der Waals surface area contributed by atoms with Crippen LogP contribution in [0.4, 0.5) is 0 Å². The van der Waals surface area contributed by atoms with Crippen molar-refractivity contribution in [1.82, 2.24) is 5.32 Å². The lowest BCUT2D eigenvalue weighted by molar-refractivity contribution is -0.141. The Labute approximate surface area is 232 Å². The Morgan fingerprint density at radius 2 is 1.77 bits per heavy atom. The van der Waals surface area contributed by atoms with Gasteiger partial charge in [0.1, 0.15) is 17.2 Å². The molecule has 0 saturated heterocycles. The fourth-order valence-electron chi connectivity index (χ4n) is 4.42. The van der Waals surface area contributed by atoms with Gasteiger partial charge in [0.15, 0.2) is 0 Å². The highest BCUT2D eigenvalue weighted by molar-refractivity contribution is 7.98. The molecule has 198 valence electrons. The molecule has 3 aromatic carbocycles. The summed E-state index contributed by atoms with van der Waals surface area (Å²) in [5.74, 6) is -0.895. The molecule has 2 heterocycles. The minimum absolute atomic E-state index is 0.178. The normalized spacial score (nSPS) is 12.1. The second-order valence-electron chi connectivity index (χ2n) is 9.13. The molecule has 0 spiro atoms. The van der Waals surface area contributed by atoms with Crippen molar-refractivity contribution in [2.75, 3.05) is 5.75 Å². The van der Waals surface area contributed by atoms with Crippen LogP contribution in [0.1, 0.15) is 16.7 Å². The average molecular weight is 562 g/mol. The van der Waals surface area contributed by atoms with Gasteiger partial charge in [0.2, 0.25) is 5.91 Å². The zero-order valence-corrected chi connectivity index (χ0v) is 22.5. The van der Waals surface area contributed by atoms with Crippen molar-refractivity contribution in [2.24, 2.45) is 0 Å². The van der Waals surface area contributed by atoms with E-state index in [0.717, 1.165) is 22.1 Å². The van der Waals surface area contributed by atoms with Crippen LogP contribution in [0.25, 0.3) is 33.1 Å². The van der Waals surface area contributed by atoms with Crippen molar-refractivity contribution < 1.29 is 23.5 Å². The van der Waals surface area contributed by atoms with Crippen LogP contribution in [-0.4, -0.2) is 28.8 Å². The summed E-state index contributed by atoms with van der Waals surface area (Å²) in [6.45, 7) is 1.75. The minimum atomic E-state index is -1.14. The summed E-state index contributed by atoms with van der Waals surface area (Å²) in [6, 6.07) is 19.5. The number of hydrogen-bond acceptors (Lipinski definition) is 6. The van der Waals surface area contributed by atoms with Crippen LogP contribution in [0.2, 0.25) is 5.02 Å². The molecule has 39 heavy (non-hydrogen) atoms. The third kappa shape index (κ3) is 5.87.